The predicted octanol–water partition coefficient (Wildman–Crippen LogP) is 5.29. The van der Waals surface area contributed by atoms with Crippen molar-refractivity contribution >= 4 is 35.3 Å². The molecule has 3 aliphatic heterocycles. The molecule has 2 aromatic carbocycles. The number of nitrogens with zero attached hydrogens (tertiary/aromatic N) is 3. The van der Waals surface area contributed by atoms with Crippen molar-refractivity contribution in [1.29, 1.82) is 0 Å². The third kappa shape index (κ3) is 6.08. The number of likely N-dealkylation sites (tertiary alicyclic amines) is 1. The lowest BCUT2D eigenvalue weighted by Gasteiger charge is -2.38. The molecular formula is C30H37FN4O3S. The Balaban J connectivity index is 1.19. The van der Waals surface area contributed by atoms with E-state index in [9.17, 15) is 18.8 Å². The van der Waals surface area contributed by atoms with Gasteiger partial charge in [0.05, 0.1) is 5.25 Å². The van der Waals surface area contributed by atoms with Gasteiger partial charge in [-0.05, 0) is 49.3 Å². The van der Waals surface area contributed by atoms with Crippen LogP contribution in [-0.4, -0.2) is 70.0 Å². The first-order valence-electron chi connectivity index (χ1n) is 14.0. The first-order chi connectivity index (χ1) is 18.8. The van der Waals surface area contributed by atoms with E-state index in [-0.39, 0.29) is 36.1 Å². The molecule has 208 valence electrons. The number of nitrogens with one attached hydrogen (secondary N) is 1. The second-order valence-corrected chi connectivity index (χ2v) is 12.3. The Labute approximate surface area is 234 Å². The molecule has 2 atom stereocenters. The van der Waals surface area contributed by atoms with Crippen LogP contribution in [0.15, 0.2) is 48.5 Å². The van der Waals surface area contributed by atoms with Gasteiger partial charge in [-0.15, -0.1) is 11.8 Å². The molecule has 0 bridgehead atoms. The average molecular weight is 553 g/mol. The molecule has 2 fully saturated rings. The monoisotopic (exact) mass is 552 g/mol. The largest absolute Gasteiger partial charge is 0.342 e. The maximum absolute atomic E-state index is 14.7. The van der Waals surface area contributed by atoms with Gasteiger partial charge in [-0.2, -0.15) is 0 Å². The summed E-state index contributed by atoms with van der Waals surface area (Å²) < 4.78 is 14.7. The number of amides is 4. The van der Waals surface area contributed by atoms with Gasteiger partial charge in [-0.25, -0.2) is 9.18 Å². The molecule has 0 spiro atoms. The minimum atomic E-state index is -0.526. The Morgan fingerprint density at radius 2 is 1.77 bits per heavy atom. The topological polar surface area (TPSA) is 73.0 Å². The number of para-hydroxylation sites is 1. The molecule has 2 saturated heterocycles. The van der Waals surface area contributed by atoms with Crippen LogP contribution in [0, 0.1) is 11.7 Å². The molecule has 0 aromatic heterocycles. The molecule has 0 radical (unpaired) electrons. The smallest absolute Gasteiger partial charge is 0.322 e. The van der Waals surface area contributed by atoms with Crippen LogP contribution in [0.25, 0.3) is 0 Å². The fourth-order valence-electron chi connectivity index (χ4n) is 5.72. The predicted molar refractivity (Wildman–Crippen MR) is 152 cm³/mol. The highest BCUT2D eigenvalue weighted by Gasteiger charge is 2.43. The summed E-state index contributed by atoms with van der Waals surface area (Å²) >= 11 is 1.39. The lowest BCUT2D eigenvalue weighted by molar-refractivity contribution is -0.137. The molecule has 2 unspecified atom stereocenters. The van der Waals surface area contributed by atoms with E-state index in [1.165, 1.54) is 17.8 Å². The molecule has 0 aliphatic carbocycles. The maximum atomic E-state index is 14.7. The van der Waals surface area contributed by atoms with Gasteiger partial charge in [0.25, 0.3) is 0 Å². The lowest BCUT2D eigenvalue weighted by Crippen LogP contribution is -2.50. The highest BCUT2D eigenvalue weighted by Crippen LogP contribution is 2.45. The zero-order valence-electron chi connectivity index (χ0n) is 22.6. The Hall–Kier alpha value is -3.07. The van der Waals surface area contributed by atoms with Crippen LogP contribution in [0.2, 0.25) is 0 Å². The molecule has 0 saturated carbocycles. The minimum Gasteiger partial charge on any atom is -0.342 e. The summed E-state index contributed by atoms with van der Waals surface area (Å²) in [6.45, 7) is 6.51. The van der Waals surface area contributed by atoms with E-state index in [0.29, 0.717) is 50.5 Å². The van der Waals surface area contributed by atoms with Crippen molar-refractivity contribution in [2.24, 2.45) is 5.92 Å². The zero-order chi connectivity index (χ0) is 27.5. The zero-order valence-corrected chi connectivity index (χ0v) is 23.5. The van der Waals surface area contributed by atoms with E-state index >= 15 is 0 Å². The van der Waals surface area contributed by atoms with E-state index in [0.717, 1.165) is 24.1 Å². The first-order valence-corrected chi connectivity index (χ1v) is 14.9. The molecule has 1 N–H and O–H groups in total. The molecule has 9 heteroatoms. The second kappa shape index (κ2) is 12.0. The van der Waals surface area contributed by atoms with Crippen molar-refractivity contribution in [1.82, 2.24) is 14.7 Å². The SMILES string of the molecule is CC(C)CCN1C(=O)C(CC(=O)N2CCC(N3CCc4ccccc4NC3=O)CC2)SC1c1ccccc1F. The van der Waals surface area contributed by atoms with Crippen molar-refractivity contribution in [3.63, 3.8) is 0 Å². The summed E-state index contributed by atoms with van der Waals surface area (Å²) in [6.07, 6.45) is 3.14. The number of anilines is 1. The highest BCUT2D eigenvalue weighted by atomic mass is 32.2. The number of benzene rings is 2. The Kier molecular flexibility index (Phi) is 8.45. The molecule has 3 aliphatic rings. The van der Waals surface area contributed by atoms with Gasteiger partial charge in [0, 0.05) is 49.9 Å². The van der Waals surface area contributed by atoms with Crippen LogP contribution in [0.4, 0.5) is 14.9 Å². The van der Waals surface area contributed by atoms with Crippen LogP contribution in [0.3, 0.4) is 0 Å². The molecule has 7 nitrogen and oxygen atoms in total. The van der Waals surface area contributed by atoms with Crippen molar-refractivity contribution < 1.29 is 18.8 Å². The van der Waals surface area contributed by atoms with Gasteiger partial charge in [-0.1, -0.05) is 50.2 Å². The Morgan fingerprint density at radius 3 is 2.51 bits per heavy atom. The first kappa shape index (κ1) is 27.5. The third-order valence-electron chi connectivity index (χ3n) is 8.01. The number of carbonyl (C=O) groups is 3. The van der Waals surface area contributed by atoms with Crippen molar-refractivity contribution in [2.75, 3.05) is 31.5 Å². The number of fused-ring (bicyclic) bond motifs is 1. The lowest BCUT2D eigenvalue weighted by atomic mass is 10.0. The van der Waals surface area contributed by atoms with Gasteiger partial charge in [-0.3, -0.25) is 9.59 Å². The van der Waals surface area contributed by atoms with Gasteiger partial charge >= 0.3 is 6.03 Å². The standard InChI is InChI=1S/C30H37FN4O3S/c1-20(2)11-17-35-28(37)26(39-29(35)23-8-4-5-9-24(23)31)19-27(36)33-15-13-22(14-16-33)34-18-12-21-7-3-6-10-25(21)32-30(34)38/h3-10,20,22,26,29H,11-19H2,1-2H3,(H,32,38). The van der Waals surface area contributed by atoms with Gasteiger partial charge in [0.1, 0.15) is 11.2 Å². The second-order valence-electron chi connectivity index (χ2n) is 11.1. The summed E-state index contributed by atoms with van der Waals surface area (Å²) in [6, 6.07) is 14.5. The van der Waals surface area contributed by atoms with Gasteiger partial charge in [0.15, 0.2) is 0 Å². The van der Waals surface area contributed by atoms with Crippen LogP contribution in [0.5, 0.6) is 0 Å². The number of halogens is 1. The van der Waals surface area contributed by atoms with Gasteiger partial charge < -0.3 is 20.0 Å². The number of piperidine rings is 1. The molecular weight excluding hydrogens is 515 g/mol. The summed E-state index contributed by atoms with van der Waals surface area (Å²) in [5.74, 6) is -0.0542. The van der Waals surface area contributed by atoms with E-state index in [1.807, 2.05) is 34.1 Å². The van der Waals surface area contributed by atoms with E-state index < -0.39 is 10.6 Å². The van der Waals surface area contributed by atoms with Crippen LogP contribution in [0.1, 0.15) is 56.0 Å². The van der Waals surface area contributed by atoms with Crippen LogP contribution < -0.4 is 5.32 Å². The molecule has 3 heterocycles. The number of carbonyl (C=O) groups excluding carboxylic acids is 3. The van der Waals surface area contributed by atoms with Crippen molar-refractivity contribution in [2.45, 2.75) is 62.6 Å². The van der Waals surface area contributed by atoms with E-state index in [1.54, 1.807) is 23.1 Å². The number of rotatable bonds is 7. The molecule has 2 aromatic rings. The fourth-order valence-corrected chi connectivity index (χ4v) is 7.21. The number of thioether (sulfide) groups is 1. The van der Waals surface area contributed by atoms with Crippen LogP contribution >= 0.6 is 11.8 Å². The highest BCUT2D eigenvalue weighted by molar-refractivity contribution is 8.01. The number of hydrogen-bond acceptors (Lipinski definition) is 4. The maximum Gasteiger partial charge on any atom is 0.322 e. The summed E-state index contributed by atoms with van der Waals surface area (Å²) in [5.41, 5.74) is 2.50. The fraction of sp³-hybridized carbons (Fsp3) is 0.500. The van der Waals surface area contributed by atoms with Gasteiger partial charge in [0.2, 0.25) is 11.8 Å². The summed E-state index contributed by atoms with van der Waals surface area (Å²) in [4.78, 5) is 45.1. The minimum absolute atomic E-state index is 0.0509. The van der Waals surface area contributed by atoms with Crippen molar-refractivity contribution in [3.05, 3.63) is 65.5 Å². The van der Waals surface area contributed by atoms with Crippen molar-refractivity contribution in [3.8, 4) is 0 Å². The molecule has 5 rings (SSSR count). The Morgan fingerprint density at radius 1 is 1.05 bits per heavy atom. The number of hydrogen-bond donors (Lipinski definition) is 1. The van der Waals surface area contributed by atoms with E-state index in [4.69, 9.17) is 0 Å². The molecule has 39 heavy (non-hydrogen) atoms. The number of urea groups is 1. The quantitative estimate of drug-likeness (QED) is 0.507. The Bertz CT molecular complexity index is 1220. The summed E-state index contributed by atoms with van der Waals surface area (Å²) in [5, 5.41) is 2.08. The third-order valence-corrected chi connectivity index (χ3v) is 9.48. The van der Waals surface area contributed by atoms with E-state index in [2.05, 4.69) is 19.2 Å². The summed E-state index contributed by atoms with van der Waals surface area (Å²) in [7, 11) is 0. The average Bonchev–Trinajstić information content (AvgIpc) is 3.12. The van der Waals surface area contributed by atoms with Crippen LogP contribution in [-0.2, 0) is 16.0 Å². The molecule has 4 amide bonds. The normalized spacial score (nSPS) is 22.2.